The Bertz CT molecular complexity index is 589. The van der Waals surface area contributed by atoms with Crippen molar-refractivity contribution in [3.63, 3.8) is 0 Å². The average molecular weight is 268 g/mol. The van der Waals surface area contributed by atoms with Crippen LogP contribution >= 0.6 is 12.2 Å². The standard InChI is InChI=1S/C12H20N4OS/c1-5-6-9(7-17-4)16-11-10(13-12(16)18)8(2)14-15(11)3/h9H,5-7H2,1-4H3,(H,13,18). The molecule has 2 aromatic rings. The van der Waals surface area contributed by atoms with E-state index in [9.17, 15) is 0 Å². The van der Waals surface area contributed by atoms with Gasteiger partial charge in [0.2, 0.25) is 0 Å². The van der Waals surface area contributed by atoms with Gasteiger partial charge in [-0.1, -0.05) is 13.3 Å². The van der Waals surface area contributed by atoms with E-state index in [2.05, 4.69) is 21.6 Å². The minimum atomic E-state index is 0.260. The fourth-order valence-electron chi connectivity index (χ4n) is 2.48. The van der Waals surface area contributed by atoms with Crippen molar-refractivity contribution in [2.75, 3.05) is 13.7 Å². The molecule has 0 saturated carbocycles. The van der Waals surface area contributed by atoms with E-state index < -0.39 is 0 Å². The number of ether oxygens (including phenoxy) is 1. The molecular weight excluding hydrogens is 248 g/mol. The summed E-state index contributed by atoms with van der Waals surface area (Å²) in [4.78, 5) is 3.25. The zero-order valence-electron chi connectivity index (χ0n) is 11.4. The molecule has 0 radical (unpaired) electrons. The topological polar surface area (TPSA) is 47.8 Å². The predicted octanol–water partition coefficient (Wildman–Crippen LogP) is 2.73. The molecule has 6 heteroatoms. The van der Waals surface area contributed by atoms with Crippen LogP contribution in [-0.4, -0.2) is 33.0 Å². The average Bonchev–Trinajstić information content (AvgIpc) is 2.78. The highest BCUT2D eigenvalue weighted by molar-refractivity contribution is 7.71. The summed E-state index contributed by atoms with van der Waals surface area (Å²) in [6.07, 6.45) is 2.14. The molecule has 100 valence electrons. The number of aromatic nitrogens is 4. The number of hydrogen-bond acceptors (Lipinski definition) is 3. The molecule has 2 heterocycles. The van der Waals surface area contributed by atoms with Crippen LogP contribution in [0.4, 0.5) is 0 Å². The summed E-state index contributed by atoms with van der Waals surface area (Å²) >= 11 is 5.44. The molecule has 0 aliphatic rings. The summed E-state index contributed by atoms with van der Waals surface area (Å²) in [5, 5.41) is 4.43. The Morgan fingerprint density at radius 3 is 2.83 bits per heavy atom. The van der Waals surface area contributed by atoms with E-state index in [1.165, 1.54) is 0 Å². The maximum atomic E-state index is 5.44. The lowest BCUT2D eigenvalue weighted by atomic mass is 10.2. The number of aryl methyl sites for hydroxylation is 2. The van der Waals surface area contributed by atoms with E-state index in [1.807, 2.05) is 18.7 Å². The van der Waals surface area contributed by atoms with Gasteiger partial charge in [0.25, 0.3) is 0 Å². The maximum Gasteiger partial charge on any atom is 0.179 e. The number of nitrogens with one attached hydrogen (secondary N) is 1. The van der Waals surface area contributed by atoms with E-state index >= 15 is 0 Å². The van der Waals surface area contributed by atoms with Crippen LogP contribution in [0.5, 0.6) is 0 Å². The van der Waals surface area contributed by atoms with E-state index in [4.69, 9.17) is 17.0 Å². The Morgan fingerprint density at radius 2 is 2.22 bits per heavy atom. The van der Waals surface area contributed by atoms with Crippen molar-refractivity contribution in [1.82, 2.24) is 19.3 Å². The monoisotopic (exact) mass is 268 g/mol. The van der Waals surface area contributed by atoms with Crippen LogP contribution in [0.2, 0.25) is 0 Å². The Labute approximate surface area is 112 Å². The van der Waals surface area contributed by atoms with Crippen LogP contribution in [0.1, 0.15) is 31.5 Å². The van der Waals surface area contributed by atoms with Crippen molar-refractivity contribution in [1.29, 1.82) is 0 Å². The van der Waals surface area contributed by atoms with Crippen LogP contribution in [0.3, 0.4) is 0 Å². The van der Waals surface area contributed by atoms with Gasteiger partial charge in [-0.2, -0.15) is 5.10 Å². The minimum Gasteiger partial charge on any atom is -0.383 e. The van der Waals surface area contributed by atoms with Crippen molar-refractivity contribution in [3.8, 4) is 0 Å². The molecule has 2 aromatic heterocycles. The van der Waals surface area contributed by atoms with E-state index in [0.29, 0.717) is 6.61 Å². The second kappa shape index (κ2) is 5.24. The number of H-pyrrole nitrogens is 1. The van der Waals surface area contributed by atoms with E-state index in [1.54, 1.807) is 7.11 Å². The van der Waals surface area contributed by atoms with Crippen LogP contribution in [-0.2, 0) is 11.8 Å². The van der Waals surface area contributed by atoms with Crippen LogP contribution in [0, 0.1) is 11.7 Å². The molecule has 0 aliphatic carbocycles. The molecule has 18 heavy (non-hydrogen) atoms. The number of hydrogen-bond donors (Lipinski definition) is 1. The Morgan fingerprint density at radius 1 is 1.50 bits per heavy atom. The zero-order valence-corrected chi connectivity index (χ0v) is 12.2. The predicted molar refractivity (Wildman–Crippen MR) is 74.4 cm³/mol. The van der Waals surface area contributed by atoms with Gasteiger partial charge in [-0.05, 0) is 25.6 Å². The molecule has 0 amide bonds. The molecular formula is C12H20N4OS. The third kappa shape index (κ3) is 2.10. The molecule has 0 aromatic carbocycles. The van der Waals surface area contributed by atoms with Gasteiger partial charge in [0, 0.05) is 14.2 Å². The van der Waals surface area contributed by atoms with Crippen molar-refractivity contribution < 1.29 is 4.74 Å². The van der Waals surface area contributed by atoms with Gasteiger partial charge in [0.05, 0.1) is 18.3 Å². The first-order valence-electron chi connectivity index (χ1n) is 6.22. The third-order valence-corrected chi connectivity index (χ3v) is 3.52. The first-order valence-corrected chi connectivity index (χ1v) is 6.63. The summed E-state index contributed by atoms with van der Waals surface area (Å²) in [6.45, 7) is 4.83. The SMILES string of the molecule is CCCC(COC)n1c(=S)[nH]c2c(C)nn(C)c21. The number of nitrogens with zero attached hydrogens (tertiary/aromatic N) is 3. The van der Waals surface area contributed by atoms with E-state index in [0.717, 1.165) is 34.5 Å². The van der Waals surface area contributed by atoms with Gasteiger partial charge in [0.15, 0.2) is 10.4 Å². The van der Waals surface area contributed by atoms with Gasteiger partial charge in [-0.15, -0.1) is 0 Å². The first kappa shape index (κ1) is 13.3. The molecule has 1 N–H and O–H groups in total. The fraction of sp³-hybridized carbons (Fsp3) is 0.667. The smallest absolute Gasteiger partial charge is 0.179 e. The lowest BCUT2D eigenvalue weighted by molar-refractivity contribution is 0.151. The van der Waals surface area contributed by atoms with Gasteiger partial charge in [-0.25, -0.2) is 0 Å². The Kier molecular flexibility index (Phi) is 3.87. The normalized spacial score (nSPS) is 13.3. The third-order valence-electron chi connectivity index (χ3n) is 3.22. The number of imidazole rings is 1. The highest BCUT2D eigenvalue weighted by atomic mass is 32.1. The lowest BCUT2D eigenvalue weighted by Gasteiger charge is -2.17. The quantitative estimate of drug-likeness (QED) is 0.848. The van der Waals surface area contributed by atoms with Crippen molar-refractivity contribution in [2.45, 2.75) is 32.7 Å². The number of rotatable bonds is 5. The number of aromatic amines is 1. The number of fused-ring (bicyclic) bond motifs is 1. The van der Waals surface area contributed by atoms with Crippen molar-refractivity contribution in [2.24, 2.45) is 7.05 Å². The molecule has 1 unspecified atom stereocenters. The zero-order chi connectivity index (χ0) is 13.3. The molecule has 0 fully saturated rings. The molecule has 0 saturated heterocycles. The summed E-state index contributed by atoms with van der Waals surface area (Å²) in [5.74, 6) is 0. The van der Waals surface area contributed by atoms with Crippen LogP contribution in [0.15, 0.2) is 0 Å². The summed E-state index contributed by atoms with van der Waals surface area (Å²) in [6, 6.07) is 0.260. The molecule has 5 nitrogen and oxygen atoms in total. The highest BCUT2D eigenvalue weighted by Crippen LogP contribution is 2.24. The van der Waals surface area contributed by atoms with Crippen molar-refractivity contribution in [3.05, 3.63) is 10.5 Å². The molecule has 0 bridgehead atoms. The van der Waals surface area contributed by atoms with Gasteiger partial charge < -0.3 is 9.72 Å². The van der Waals surface area contributed by atoms with Gasteiger partial charge in [-0.3, -0.25) is 9.25 Å². The Hall–Kier alpha value is -1.14. The van der Waals surface area contributed by atoms with Gasteiger partial charge in [0.1, 0.15) is 5.52 Å². The molecule has 0 aliphatic heterocycles. The molecule has 0 spiro atoms. The molecule has 1 atom stereocenters. The lowest BCUT2D eigenvalue weighted by Crippen LogP contribution is -2.16. The largest absolute Gasteiger partial charge is 0.383 e. The van der Waals surface area contributed by atoms with Crippen molar-refractivity contribution >= 4 is 23.4 Å². The van der Waals surface area contributed by atoms with Crippen LogP contribution < -0.4 is 0 Å². The molecule has 2 rings (SSSR count). The maximum absolute atomic E-state index is 5.44. The number of methoxy groups -OCH3 is 1. The summed E-state index contributed by atoms with van der Waals surface area (Å²) in [7, 11) is 3.68. The fourth-order valence-corrected chi connectivity index (χ4v) is 2.82. The second-order valence-corrected chi connectivity index (χ2v) is 4.99. The summed E-state index contributed by atoms with van der Waals surface area (Å²) in [5.41, 5.74) is 3.05. The Balaban J connectivity index is 2.60. The highest BCUT2D eigenvalue weighted by Gasteiger charge is 2.19. The summed E-state index contributed by atoms with van der Waals surface area (Å²) < 4.78 is 10.1. The van der Waals surface area contributed by atoms with Crippen LogP contribution in [0.25, 0.3) is 11.2 Å². The first-order chi connectivity index (χ1) is 8.60. The minimum absolute atomic E-state index is 0.260. The second-order valence-electron chi connectivity index (χ2n) is 4.61. The van der Waals surface area contributed by atoms with Gasteiger partial charge >= 0.3 is 0 Å². The van der Waals surface area contributed by atoms with E-state index in [-0.39, 0.29) is 6.04 Å².